The predicted octanol–water partition coefficient (Wildman–Crippen LogP) is 0.461. The maximum absolute atomic E-state index is 12.3. The largest absolute Gasteiger partial charge is 0.373 e. The van der Waals surface area contributed by atoms with Gasteiger partial charge in [0.25, 0.3) is 5.91 Å². The van der Waals surface area contributed by atoms with E-state index in [0.29, 0.717) is 37.4 Å². The molecule has 19 heavy (non-hydrogen) atoms. The van der Waals surface area contributed by atoms with Crippen molar-refractivity contribution in [1.82, 2.24) is 9.88 Å². The van der Waals surface area contributed by atoms with Crippen molar-refractivity contribution in [3.05, 3.63) is 23.9 Å². The van der Waals surface area contributed by atoms with E-state index in [4.69, 9.17) is 5.73 Å². The topological polar surface area (TPSA) is 88.3 Å². The van der Waals surface area contributed by atoms with Crippen molar-refractivity contribution in [2.45, 2.75) is 12.8 Å². The molecule has 3 N–H and O–H groups in total. The van der Waals surface area contributed by atoms with Crippen molar-refractivity contribution >= 4 is 17.6 Å². The number of rotatable bonds is 3. The van der Waals surface area contributed by atoms with E-state index in [9.17, 15) is 9.59 Å². The van der Waals surface area contributed by atoms with Crippen LogP contribution in [-0.4, -0.2) is 41.8 Å². The van der Waals surface area contributed by atoms with Crippen LogP contribution in [0.15, 0.2) is 18.2 Å². The number of aromatic nitrogens is 1. The molecule has 1 saturated heterocycles. The van der Waals surface area contributed by atoms with Crippen LogP contribution in [0, 0.1) is 5.92 Å². The molecule has 0 aromatic carbocycles. The molecule has 0 aliphatic carbocycles. The highest BCUT2D eigenvalue weighted by Gasteiger charge is 2.26. The van der Waals surface area contributed by atoms with Crippen LogP contribution in [0.2, 0.25) is 0 Å². The van der Waals surface area contributed by atoms with Crippen molar-refractivity contribution in [1.29, 1.82) is 0 Å². The zero-order valence-electron chi connectivity index (χ0n) is 10.9. The predicted molar refractivity (Wildman–Crippen MR) is 71.6 cm³/mol. The average molecular weight is 262 g/mol. The molecular weight excluding hydrogens is 244 g/mol. The smallest absolute Gasteiger partial charge is 0.272 e. The van der Waals surface area contributed by atoms with Crippen LogP contribution in [0.1, 0.15) is 23.3 Å². The lowest BCUT2D eigenvalue weighted by molar-refractivity contribution is -0.123. The summed E-state index contributed by atoms with van der Waals surface area (Å²) in [5.74, 6) is 0.181. The first kappa shape index (κ1) is 13.3. The van der Waals surface area contributed by atoms with Crippen molar-refractivity contribution in [3.8, 4) is 0 Å². The van der Waals surface area contributed by atoms with E-state index in [0.717, 1.165) is 0 Å². The molecule has 0 atom stereocenters. The molecule has 6 heteroatoms. The number of anilines is 1. The minimum absolute atomic E-state index is 0.0972. The maximum Gasteiger partial charge on any atom is 0.272 e. The molecule has 1 aliphatic heterocycles. The monoisotopic (exact) mass is 262 g/mol. The van der Waals surface area contributed by atoms with Crippen LogP contribution in [0.3, 0.4) is 0 Å². The van der Waals surface area contributed by atoms with Crippen LogP contribution in [0.25, 0.3) is 0 Å². The van der Waals surface area contributed by atoms with Crippen LogP contribution in [0.5, 0.6) is 0 Å². The molecule has 1 aromatic rings. The fourth-order valence-electron chi connectivity index (χ4n) is 2.22. The first-order chi connectivity index (χ1) is 9.11. The zero-order valence-corrected chi connectivity index (χ0v) is 10.9. The third kappa shape index (κ3) is 3.01. The normalized spacial score (nSPS) is 16.2. The molecule has 1 aromatic heterocycles. The number of nitrogens with one attached hydrogen (secondary N) is 1. The summed E-state index contributed by atoms with van der Waals surface area (Å²) in [6, 6.07) is 5.29. The van der Waals surface area contributed by atoms with E-state index in [1.54, 1.807) is 30.1 Å². The van der Waals surface area contributed by atoms with Gasteiger partial charge in [-0.3, -0.25) is 9.59 Å². The van der Waals surface area contributed by atoms with E-state index >= 15 is 0 Å². The second-order valence-electron chi connectivity index (χ2n) is 4.63. The Bertz CT molecular complexity index is 481. The average Bonchev–Trinajstić information content (AvgIpc) is 2.46. The summed E-state index contributed by atoms with van der Waals surface area (Å²) in [5.41, 5.74) is 5.70. The van der Waals surface area contributed by atoms with Crippen LogP contribution < -0.4 is 11.1 Å². The van der Waals surface area contributed by atoms with Gasteiger partial charge in [-0.25, -0.2) is 4.98 Å². The van der Waals surface area contributed by atoms with Crippen LogP contribution in [-0.2, 0) is 4.79 Å². The minimum atomic E-state index is -0.276. The molecular formula is C13H18N4O2. The second kappa shape index (κ2) is 5.69. The van der Waals surface area contributed by atoms with E-state index in [2.05, 4.69) is 10.3 Å². The number of carbonyl (C=O) groups is 2. The number of amides is 2. The molecule has 0 unspecified atom stereocenters. The quantitative estimate of drug-likeness (QED) is 0.828. The number of primary amides is 1. The van der Waals surface area contributed by atoms with Gasteiger partial charge >= 0.3 is 0 Å². The first-order valence-corrected chi connectivity index (χ1v) is 6.35. The van der Waals surface area contributed by atoms with E-state index in [-0.39, 0.29) is 17.7 Å². The number of carbonyl (C=O) groups excluding carboxylic acids is 2. The summed E-state index contributed by atoms with van der Waals surface area (Å²) in [6.07, 6.45) is 1.26. The lowest BCUT2D eigenvalue weighted by atomic mass is 9.96. The Kier molecular flexibility index (Phi) is 3.99. The third-order valence-corrected chi connectivity index (χ3v) is 3.41. The molecule has 0 bridgehead atoms. The Morgan fingerprint density at radius 1 is 1.37 bits per heavy atom. The molecule has 1 aliphatic rings. The molecule has 102 valence electrons. The fraction of sp³-hybridized carbons (Fsp3) is 0.462. The standard InChI is InChI=1S/C13H18N4O2/c1-15-11-4-2-3-10(16-11)13(19)17-7-5-9(6-8-17)12(14)18/h2-4,9H,5-8H2,1H3,(H2,14,18)(H,15,16). The molecule has 6 nitrogen and oxygen atoms in total. The highest BCUT2D eigenvalue weighted by molar-refractivity contribution is 5.92. The van der Waals surface area contributed by atoms with Crippen LogP contribution >= 0.6 is 0 Å². The summed E-state index contributed by atoms with van der Waals surface area (Å²) in [4.78, 5) is 29.3. The number of hydrogen-bond acceptors (Lipinski definition) is 4. The number of pyridine rings is 1. The number of nitrogens with two attached hydrogens (primary N) is 1. The molecule has 1 fully saturated rings. The summed E-state index contributed by atoms with van der Waals surface area (Å²) in [7, 11) is 1.76. The minimum Gasteiger partial charge on any atom is -0.373 e. The van der Waals surface area contributed by atoms with Gasteiger partial charge in [0, 0.05) is 26.1 Å². The van der Waals surface area contributed by atoms with Crippen molar-refractivity contribution in [2.24, 2.45) is 11.7 Å². The van der Waals surface area contributed by atoms with E-state index in [1.165, 1.54) is 0 Å². The van der Waals surface area contributed by atoms with Gasteiger partial charge in [-0.2, -0.15) is 0 Å². The summed E-state index contributed by atoms with van der Waals surface area (Å²) < 4.78 is 0. The van der Waals surface area contributed by atoms with Gasteiger partial charge in [0.05, 0.1) is 0 Å². The Balaban J connectivity index is 2.02. The van der Waals surface area contributed by atoms with Gasteiger partial charge in [-0.1, -0.05) is 6.07 Å². The van der Waals surface area contributed by atoms with Crippen molar-refractivity contribution in [2.75, 3.05) is 25.5 Å². The molecule has 2 amide bonds. The number of nitrogens with zero attached hydrogens (tertiary/aromatic N) is 2. The van der Waals surface area contributed by atoms with Gasteiger partial charge in [-0.15, -0.1) is 0 Å². The fourth-order valence-corrected chi connectivity index (χ4v) is 2.22. The number of likely N-dealkylation sites (tertiary alicyclic amines) is 1. The zero-order chi connectivity index (χ0) is 13.8. The number of hydrogen-bond donors (Lipinski definition) is 2. The lowest BCUT2D eigenvalue weighted by Gasteiger charge is -2.30. The summed E-state index contributed by atoms with van der Waals surface area (Å²) in [6.45, 7) is 1.11. The van der Waals surface area contributed by atoms with Gasteiger partial charge in [-0.05, 0) is 25.0 Å². The van der Waals surface area contributed by atoms with Crippen molar-refractivity contribution < 1.29 is 9.59 Å². The highest BCUT2D eigenvalue weighted by atomic mass is 16.2. The van der Waals surface area contributed by atoms with Gasteiger partial charge < -0.3 is 16.0 Å². The van der Waals surface area contributed by atoms with Gasteiger partial charge in [0.15, 0.2) is 0 Å². The van der Waals surface area contributed by atoms with Gasteiger partial charge in [0.1, 0.15) is 11.5 Å². The Hall–Kier alpha value is -2.11. The Morgan fingerprint density at radius 2 is 2.05 bits per heavy atom. The highest BCUT2D eigenvalue weighted by Crippen LogP contribution is 2.18. The third-order valence-electron chi connectivity index (χ3n) is 3.41. The molecule has 0 saturated carbocycles. The molecule has 2 heterocycles. The molecule has 2 rings (SSSR count). The second-order valence-corrected chi connectivity index (χ2v) is 4.63. The molecule has 0 radical (unpaired) electrons. The maximum atomic E-state index is 12.3. The SMILES string of the molecule is CNc1cccc(C(=O)N2CCC(C(N)=O)CC2)n1. The van der Waals surface area contributed by atoms with Gasteiger partial charge in [0.2, 0.25) is 5.91 Å². The van der Waals surface area contributed by atoms with Crippen LogP contribution in [0.4, 0.5) is 5.82 Å². The Labute approximate surface area is 112 Å². The Morgan fingerprint density at radius 3 is 2.63 bits per heavy atom. The number of piperidine rings is 1. The van der Waals surface area contributed by atoms with E-state index < -0.39 is 0 Å². The van der Waals surface area contributed by atoms with Crippen molar-refractivity contribution in [3.63, 3.8) is 0 Å². The summed E-state index contributed by atoms with van der Waals surface area (Å²) in [5, 5.41) is 2.90. The first-order valence-electron chi connectivity index (χ1n) is 6.35. The van der Waals surface area contributed by atoms with E-state index in [1.807, 2.05) is 0 Å². The lowest BCUT2D eigenvalue weighted by Crippen LogP contribution is -2.42. The molecule has 0 spiro atoms. The summed E-state index contributed by atoms with van der Waals surface area (Å²) >= 11 is 0.